The summed E-state index contributed by atoms with van der Waals surface area (Å²) in [5, 5.41) is 0. The zero-order valence-electron chi connectivity index (χ0n) is 7.18. The molecule has 0 saturated carbocycles. The zero-order valence-corrected chi connectivity index (χ0v) is 8.69. The SMILES string of the molecule is ClC1CN(c2ncncn2)CC(Cl)O1. The van der Waals surface area contributed by atoms with Gasteiger partial charge in [-0.3, -0.25) is 0 Å². The molecule has 0 bridgehead atoms. The van der Waals surface area contributed by atoms with Crippen LogP contribution in [-0.2, 0) is 4.74 Å². The molecular formula is C7H8Cl2N4O. The van der Waals surface area contributed by atoms with Gasteiger partial charge < -0.3 is 9.64 Å². The Morgan fingerprint density at radius 1 is 1.21 bits per heavy atom. The molecule has 2 heterocycles. The molecule has 0 aromatic carbocycles. The number of rotatable bonds is 1. The van der Waals surface area contributed by atoms with Crippen LogP contribution in [0.15, 0.2) is 12.7 Å². The Hall–Kier alpha value is -0.650. The minimum Gasteiger partial charge on any atom is -0.340 e. The molecular weight excluding hydrogens is 227 g/mol. The third-order valence-electron chi connectivity index (χ3n) is 1.79. The molecule has 5 nitrogen and oxygen atoms in total. The van der Waals surface area contributed by atoms with E-state index < -0.39 is 11.1 Å². The molecule has 0 amide bonds. The summed E-state index contributed by atoms with van der Waals surface area (Å²) < 4.78 is 5.16. The normalized spacial score (nSPS) is 27.7. The molecule has 1 saturated heterocycles. The van der Waals surface area contributed by atoms with Gasteiger partial charge in [0.25, 0.3) is 0 Å². The monoisotopic (exact) mass is 234 g/mol. The summed E-state index contributed by atoms with van der Waals surface area (Å²) in [5.74, 6) is 0.569. The summed E-state index contributed by atoms with van der Waals surface area (Å²) in [5.41, 5.74) is -0.856. The topological polar surface area (TPSA) is 51.1 Å². The van der Waals surface area contributed by atoms with Gasteiger partial charge >= 0.3 is 0 Å². The van der Waals surface area contributed by atoms with Gasteiger partial charge in [0.05, 0.1) is 13.1 Å². The van der Waals surface area contributed by atoms with Crippen molar-refractivity contribution >= 4 is 29.2 Å². The predicted molar refractivity (Wildman–Crippen MR) is 52.4 cm³/mol. The van der Waals surface area contributed by atoms with E-state index in [9.17, 15) is 0 Å². The molecule has 0 radical (unpaired) electrons. The van der Waals surface area contributed by atoms with E-state index in [1.54, 1.807) is 0 Å². The predicted octanol–water partition coefficient (Wildman–Crippen LogP) is 0.838. The van der Waals surface area contributed by atoms with Crippen LogP contribution in [0.25, 0.3) is 0 Å². The molecule has 2 rings (SSSR count). The van der Waals surface area contributed by atoms with Crippen LogP contribution in [0.4, 0.5) is 5.95 Å². The maximum atomic E-state index is 5.84. The maximum Gasteiger partial charge on any atom is 0.228 e. The second-order valence-corrected chi connectivity index (χ2v) is 3.77. The number of nitrogens with zero attached hydrogens (tertiary/aromatic N) is 4. The van der Waals surface area contributed by atoms with Gasteiger partial charge in [-0.05, 0) is 0 Å². The number of anilines is 1. The molecule has 2 unspecified atom stereocenters. The van der Waals surface area contributed by atoms with Crippen LogP contribution in [0, 0.1) is 0 Å². The Morgan fingerprint density at radius 2 is 1.79 bits per heavy atom. The highest BCUT2D eigenvalue weighted by Crippen LogP contribution is 2.19. The summed E-state index contributed by atoms with van der Waals surface area (Å²) in [7, 11) is 0. The average molecular weight is 235 g/mol. The quantitative estimate of drug-likeness (QED) is 0.675. The van der Waals surface area contributed by atoms with Gasteiger partial charge in [0.1, 0.15) is 12.7 Å². The van der Waals surface area contributed by atoms with Crippen LogP contribution >= 0.6 is 23.2 Å². The fraction of sp³-hybridized carbons (Fsp3) is 0.571. The van der Waals surface area contributed by atoms with E-state index in [1.807, 2.05) is 4.90 Å². The van der Waals surface area contributed by atoms with Crippen LogP contribution < -0.4 is 4.90 Å². The summed E-state index contributed by atoms with van der Waals surface area (Å²) in [6, 6.07) is 0. The molecule has 1 aromatic rings. The molecule has 0 spiro atoms. The molecule has 76 valence electrons. The molecule has 0 aliphatic carbocycles. The van der Waals surface area contributed by atoms with Gasteiger partial charge in [0.15, 0.2) is 11.1 Å². The van der Waals surface area contributed by atoms with E-state index in [-0.39, 0.29) is 0 Å². The number of halogens is 2. The van der Waals surface area contributed by atoms with E-state index >= 15 is 0 Å². The summed E-state index contributed by atoms with van der Waals surface area (Å²) >= 11 is 11.7. The van der Waals surface area contributed by atoms with Crippen LogP contribution in [-0.4, -0.2) is 39.2 Å². The number of morpholine rings is 1. The van der Waals surface area contributed by atoms with Crippen LogP contribution in [0.1, 0.15) is 0 Å². The lowest BCUT2D eigenvalue weighted by molar-refractivity contribution is 0.0654. The number of alkyl halides is 2. The Labute approximate surface area is 91.0 Å². The second-order valence-electron chi connectivity index (χ2n) is 2.80. The van der Waals surface area contributed by atoms with Gasteiger partial charge in [0, 0.05) is 0 Å². The van der Waals surface area contributed by atoms with E-state index in [0.29, 0.717) is 19.0 Å². The van der Waals surface area contributed by atoms with Crippen LogP contribution in [0.3, 0.4) is 0 Å². The third kappa shape index (κ3) is 2.23. The first-order chi connectivity index (χ1) is 6.75. The van der Waals surface area contributed by atoms with E-state index in [2.05, 4.69) is 15.0 Å². The molecule has 2 atom stereocenters. The summed E-state index contributed by atoms with van der Waals surface area (Å²) in [4.78, 5) is 13.6. The minimum absolute atomic E-state index is 0.428. The largest absolute Gasteiger partial charge is 0.340 e. The van der Waals surface area contributed by atoms with Crippen molar-refractivity contribution in [1.29, 1.82) is 0 Å². The molecule has 1 aliphatic heterocycles. The number of ether oxygens (including phenoxy) is 1. The van der Waals surface area contributed by atoms with Gasteiger partial charge in [-0.25, -0.2) is 15.0 Å². The van der Waals surface area contributed by atoms with Crippen molar-refractivity contribution in [2.75, 3.05) is 18.0 Å². The van der Waals surface area contributed by atoms with E-state index in [0.717, 1.165) is 0 Å². The fourth-order valence-corrected chi connectivity index (χ4v) is 1.86. The van der Waals surface area contributed by atoms with Crippen LogP contribution in [0.2, 0.25) is 0 Å². The summed E-state index contributed by atoms with van der Waals surface area (Å²) in [6.07, 6.45) is 2.87. The lowest BCUT2D eigenvalue weighted by Crippen LogP contribution is -2.44. The second kappa shape index (κ2) is 4.25. The number of hydrogen-bond acceptors (Lipinski definition) is 5. The Morgan fingerprint density at radius 3 is 2.36 bits per heavy atom. The Balaban J connectivity index is 2.11. The standard InChI is InChI=1S/C7H8Cl2N4O/c8-5-1-13(2-6(9)14-5)7-11-3-10-4-12-7/h3-6H,1-2H2. The Kier molecular flexibility index (Phi) is 3.00. The van der Waals surface area contributed by atoms with Gasteiger partial charge in [0.2, 0.25) is 5.95 Å². The van der Waals surface area contributed by atoms with Crippen molar-refractivity contribution in [1.82, 2.24) is 15.0 Å². The van der Waals surface area contributed by atoms with Crippen molar-refractivity contribution < 1.29 is 4.74 Å². The first kappa shape index (κ1) is 9.89. The zero-order chi connectivity index (χ0) is 9.97. The van der Waals surface area contributed by atoms with Gasteiger partial charge in [-0.15, -0.1) is 0 Å². The molecule has 7 heteroatoms. The number of aromatic nitrogens is 3. The summed E-state index contributed by atoms with van der Waals surface area (Å²) in [6.45, 7) is 1.05. The number of hydrogen-bond donors (Lipinski definition) is 0. The van der Waals surface area contributed by atoms with Crippen molar-refractivity contribution in [3.63, 3.8) is 0 Å². The van der Waals surface area contributed by atoms with Crippen molar-refractivity contribution in [3.05, 3.63) is 12.7 Å². The van der Waals surface area contributed by atoms with Crippen molar-refractivity contribution in [2.24, 2.45) is 0 Å². The molecule has 1 aliphatic rings. The van der Waals surface area contributed by atoms with Crippen molar-refractivity contribution in [3.8, 4) is 0 Å². The average Bonchev–Trinajstić information content (AvgIpc) is 2.18. The smallest absolute Gasteiger partial charge is 0.228 e. The highest BCUT2D eigenvalue weighted by molar-refractivity contribution is 6.22. The van der Waals surface area contributed by atoms with Crippen molar-refractivity contribution in [2.45, 2.75) is 11.1 Å². The Bertz CT molecular complexity index is 289. The molecule has 14 heavy (non-hydrogen) atoms. The van der Waals surface area contributed by atoms with Crippen LogP contribution in [0.5, 0.6) is 0 Å². The first-order valence-corrected chi connectivity index (χ1v) is 4.93. The fourth-order valence-electron chi connectivity index (χ4n) is 1.23. The van der Waals surface area contributed by atoms with E-state index in [4.69, 9.17) is 27.9 Å². The molecule has 1 aromatic heterocycles. The highest BCUT2D eigenvalue weighted by atomic mass is 35.5. The van der Waals surface area contributed by atoms with E-state index in [1.165, 1.54) is 12.7 Å². The highest BCUT2D eigenvalue weighted by Gasteiger charge is 2.26. The van der Waals surface area contributed by atoms with Gasteiger partial charge in [-0.1, -0.05) is 23.2 Å². The third-order valence-corrected chi connectivity index (χ3v) is 2.27. The first-order valence-electron chi connectivity index (χ1n) is 4.06. The maximum absolute atomic E-state index is 5.84. The lowest BCUT2D eigenvalue weighted by atomic mass is 10.4. The van der Waals surface area contributed by atoms with Gasteiger partial charge in [-0.2, -0.15) is 0 Å². The minimum atomic E-state index is -0.428. The molecule has 1 fully saturated rings. The molecule has 0 N–H and O–H groups in total. The lowest BCUT2D eigenvalue weighted by Gasteiger charge is -2.32.